The SMILES string of the molecule is Cc1cnn(Cc2cccc(F)c2)c1NC(=O)Cc1ccc2c(c1)NC(=O)CO2. The van der Waals surface area contributed by atoms with Crippen LogP contribution < -0.4 is 15.4 Å². The van der Waals surface area contributed by atoms with E-state index in [1.807, 2.05) is 6.92 Å². The van der Waals surface area contributed by atoms with Crippen LogP contribution in [0.15, 0.2) is 48.7 Å². The average Bonchev–Trinajstić information content (AvgIpc) is 3.01. The Kier molecular flexibility index (Phi) is 4.99. The molecule has 0 radical (unpaired) electrons. The summed E-state index contributed by atoms with van der Waals surface area (Å²) >= 11 is 0. The van der Waals surface area contributed by atoms with Crippen LogP contribution in [0, 0.1) is 12.7 Å². The van der Waals surface area contributed by atoms with E-state index in [0.717, 1.165) is 16.7 Å². The van der Waals surface area contributed by atoms with Crippen LogP contribution in [0.3, 0.4) is 0 Å². The highest BCUT2D eigenvalue weighted by Gasteiger charge is 2.17. The van der Waals surface area contributed by atoms with Crippen LogP contribution in [0.1, 0.15) is 16.7 Å². The molecule has 2 N–H and O–H groups in total. The second-order valence-corrected chi connectivity index (χ2v) is 6.86. The van der Waals surface area contributed by atoms with Gasteiger partial charge in [0.25, 0.3) is 5.91 Å². The number of hydrogen-bond donors (Lipinski definition) is 2. The average molecular weight is 394 g/mol. The van der Waals surface area contributed by atoms with Crippen LogP contribution in [0.4, 0.5) is 15.9 Å². The topological polar surface area (TPSA) is 85.3 Å². The number of amides is 2. The summed E-state index contributed by atoms with van der Waals surface area (Å²) in [6.45, 7) is 2.17. The number of carbonyl (C=O) groups excluding carboxylic acids is 2. The number of aromatic nitrogens is 2. The third kappa shape index (κ3) is 4.26. The highest BCUT2D eigenvalue weighted by atomic mass is 19.1. The first-order valence-corrected chi connectivity index (χ1v) is 9.10. The number of ether oxygens (including phenoxy) is 1. The molecule has 1 aliphatic heterocycles. The summed E-state index contributed by atoms with van der Waals surface area (Å²) in [7, 11) is 0. The molecule has 0 fully saturated rings. The fourth-order valence-corrected chi connectivity index (χ4v) is 3.17. The highest BCUT2D eigenvalue weighted by molar-refractivity contribution is 5.96. The van der Waals surface area contributed by atoms with E-state index in [9.17, 15) is 14.0 Å². The van der Waals surface area contributed by atoms with Gasteiger partial charge in [-0.2, -0.15) is 5.10 Å². The number of rotatable bonds is 5. The van der Waals surface area contributed by atoms with Gasteiger partial charge in [-0.1, -0.05) is 18.2 Å². The molecule has 8 heteroatoms. The van der Waals surface area contributed by atoms with Crippen molar-refractivity contribution in [2.75, 3.05) is 17.2 Å². The zero-order chi connectivity index (χ0) is 20.4. The third-order valence-corrected chi connectivity index (χ3v) is 4.54. The number of aryl methyl sites for hydroxylation is 1. The molecule has 1 aliphatic rings. The lowest BCUT2D eigenvalue weighted by atomic mass is 10.1. The van der Waals surface area contributed by atoms with E-state index in [4.69, 9.17) is 4.74 Å². The lowest BCUT2D eigenvalue weighted by Crippen LogP contribution is -2.25. The number of fused-ring (bicyclic) bond motifs is 1. The van der Waals surface area contributed by atoms with Crippen LogP contribution >= 0.6 is 0 Å². The smallest absolute Gasteiger partial charge is 0.262 e. The largest absolute Gasteiger partial charge is 0.482 e. The number of carbonyl (C=O) groups is 2. The first-order chi connectivity index (χ1) is 14.0. The molecular weight excluding hydrogens is 375 g/mol. The van der Waals surface area contributed by atoms with Gasteiger partial charge in [0, 0.05) is 5.56 Å². The van der Waals surface area contributed by atoms with Gasteiger partial charge in [-0.05, 0) is 42.3 Å². The quantitative estimate of drug-likeness (QED) is 0.697. The molecule has 3 aromatic rings. The van der Waals surface area contributed by atoms with Gasteiger partial charge in [-0.3, -0.25) is 9.59 Å². The number of benzene rings is 2. The summed E-state index contributed by atoms with van der Waals surface area (Å²) in [6.07, 6.45) is 1.77. The summed E-state index contributed by atoms with van der Waals surface area (Å²) in [5.74, 6) is 0.375. The predicted molar refractivity (Wildman–Crippen MR) is 105 cm³/mol. The van der Waals surface area contributed by atoms with E-state index in [2.05, 4.69) is 15.7 Å². The molecule has 0 bridgehead atoms. The number of anilines is 2. The maximum absolute atomic E-state index is 13.4. The predicted octanol–water partition coefficient (Wildman–Crippen LogP) is 2.89. The van der Waals surface area contributed by atoms with Gasteiger partial charge in [0.05, 0.1) is 24.8 Å². The van der Waals surface area contributed by atoms with Crippen molar-refractivity contribution < 1.29 is 18.7 Å². The van der Waals surface area contributed by atoms with Crippen molar-refractivity contribution in [2.24, 2.45) is 0 Å². The summed E-state index contributed by atoms with van der Waals surface area (Å²) < 4.78 is 20.4. The summed E-state index contributed by atoms with van der Waals surface area (Å²) in [5.41, 5.74) is 2.84. The molecule has 0 aliphatic carbocycles. The van der Waals surface area contributed by atoms with Gasteiger partial charge in [0.1, 0.15) is 17.4 Å². The first kappa shape index (κ1) is 18.7. The Labute approximate surface area is 166 Å². The molecule has 2 heterocycles. The molecule has 0 spiro atoms. The number of nitrogens with zero attached hydrogens (tertiary/aromatic N) is 2. The Morgan fingerprint density at radius 2 is 2.14 bits per heavy atom. The van der Waals surface area contributed by atoms with Crippen molar-refractivity contribution in [3.63, 3.8) is 0 Å². The summed E-state index contributed by atoms with van der Waals surface area (Å²) in [6, 6.07) is 11.5. The lowest BCUT2D eigenvalue weighted by Gasteiger charge is -2.18. The van der Waals surface area contributed by atoms with E-state index >= 15 is 0 Å². The normalized spacial score (nSPS) is 12.7. The molecular formula is C21H19FN4O3. The van der Waals surface area contributed by atoms with Crippen molar-refractivity contribution >= 4 is 23.3 Å². The minimum absolute atomic E-state index is 0.0125. The van der Waals surface area contributed by atoms with E-state index in [1.54, 1.807) is 41.2 Å². The first-order valence-electron chi connectivity index (χ1n) is 9.10. The maximum Gasteiger partial charge on any atom is 0.262 e. The molecule has 2 amide bonds. The van der Waals surface area contributed by atoms with Crippen LogP contribution in [0.5, 0.6) is 5.75 Å². The second-order valence-electron chi connectivity index (χ2n) is 6.86. The standard InChI is InChI=1S/C21H19FN4O3/c1-13-10-23-26(11-15-3-2-4-16(22)7-15)21(13)25-19(27)9-14-5-6-18-17(8-14)24-20(28)12-29-18/h2-8,10H,9,11-12H2,1H3,(H,24,28)(H,25,27). The van der Waals surface area contributed by atoms with E-state index in [0.29, 0.717) is 23.8 Å². The minimum atomic E-state index is -0.319. The highest BCUT2D eigenvalue weighted by Crippen LogP contribution is 2.28. The fourth-order valence-electron chi connectivity index (χ4n) is 3.17. The number of halogens is 1. The maximum atomic E-state index is 13.4. The lowest BCUT2D eigenvalue weighted by molar-refractivity contribution is -0.118. The summed E-state index contributed by atoms with van der Waals surface area (Å²) in [5, 5.41) is 9.89. The van der Waals surface area contributed by atoms with Crippen LogP contribution in [0.2, 0.25) is 0 Å². The molecule has 29 heavy (non-hydrogen) atoms. The molecule has 0 atom stereocenters. The fraction of sp³-hybridized carbons (Fsp3) is 0.190. The van der Waals surface area contributed by atoms with Crippen molar-refractivity contribution in [2.45, 2.75) is 19.9 Å². The Bertz CT molecular complexity index is 1090. The van der Waals surface area contributed by atoms with Crippen molar-refractivity contribution in [1.29, 1.82) is 0 Å². The van der Waals surface area contributed by atoms with Crippen molar-refractivity contribution in [3.8, 4) is 5.75 Å². The molecule has 4 rings (SSSR count). The molecule has 2 aromatic carbocycles. The van der Waals surface area contributed by atoms with Crippen molar-refractivity contribution in [3.05, 3.63) is 71.2 Å². The van der Waals surface area contributed by atoms with Gasteiger partial charge < -0.3 is 15.4 Å². The Hall–Kier alpha value is -3.68. The van der Waals surface area contributed by atoms with Crippen LogP contribution in [0.25, 0.3) is 0 Å². The Morgan fingerprint density at radius 3 is 2.97 bits per heavy atom. The Balaban J connectivity index is 1.47. The van der Waals surface area contributed by atoms with E-state index in [-0.39, 0.29) is 30.7 Å². The molecule has 0 saturated heterocycles. The van der Waals surface area contributed by atoms with Gasteiger partial charge in [-0.15, -0.1) is 0 Å². The molecule has 1 aromatic heterocycles. The van der Waals surface area contributed by atoms with Gasteiger partial charge in [0.2, 0.25) is 5.91 Å². The number of hydrogen-bond acceptors (Lipinski definition) is 4. The minimum Gasteiger partial charge on any atom is -0.482 e. The third-order valence-electron chi connectivity index (χ3n) is 4.54. The monoisotopic (exact) mass is 394 g/mol. The van der Waals surface area contributed by atoms with Crippen molar-refractivity contribution in [1.82, 2.24) is 9.78 Å². The van der Waals surface area contributed by atoms with Gasteiger partial charge in [0.15, 0.2) is 6.61 Å². The number of nitrogens with one attached hydrogen (secondary N) is 2. The van der Waals surface area contributed by atoms with Crippen LogP contribution in [-0.2, 0) is 22.6 Å². The van der Waals surface area contributed by atoms with Gasteiger partial charge >= 0.3 is 0 Å². The Morgan fingerprint density at radius 1 is 1.28 bits per heavy atom. The molecule has 148 valence electrons. The molecule has 7 nitrogen and oxygen atoms in total. The van der Waals surface area contributed by atoms with Gasteiger partial charge in [-0.25, -0.2) is 9.07 Å². The zero-order valence-corrected chi connectivity index (χ0v) is 15.7. The molecule has 0 unspecified atom stereocenters. The van der Waals surface area contributed by atoms with Crippen LogP contribution in [-0.4, -0.2) is 28.2 Å². The van der Waals surface area contributed by atoms with E-state index in [1.165, 1.54) is 12.1 Å². The van der Waals surface area contributed by atoms with E-state index < -0.39 is 0 Å². The summed E-state index contributed by atoms with van der Waals surface area (Å²) in [4.78, 5) is 24.1. The molecule has 0 saturated carbocycles. The second kappa shape index (κ2) is 7.75. The zero-order valence-electron chi connectivity index (χ0n) is 15.7.